The monoisotopic (exact) mass is 415 g/mol. The number of nitrogen functional groups attached to an aromatic ring is 1. The lowest BCUT2D eigenvalue weighted by atomic mass is 10.2. The van der Waals surface area contributed by atoms with Crippen molar-refractivity contribution < 1.29 is 0 Å². The van der Waals surface area contributed by atoms with Crippen LogP contribution in [0.5, 0.6) is 0 Å². The van der Waals surface area contributed by atoms with Crippen molar-refractivity contribution in [3.63, 3.8) is 0 Å². The summed E-state index contributed by atoms with van der Waals surface area (Å²) < 4.78 is 5.61. The minimum atomic E-state index is -0.0488. The topological polar surface area (TPSA) is 70.8 Å². The molecule has 0 saturated heterocycles. The Morgan fingerprint density at radius 2 is 1.75 bits per heavy atom. The number of benzene rings is 1. The lowest BCUT2D eigenvalue weighted by Gasteiger charge is -2.08. The maximum Gasteiger partial charge on any atom is 0.295 e. The molecule has 0 saturated carbocycles. The fourth-order valence-electron chi connectivity index (χ4n) is 3.59. The third-order valence-corrected chi connectivity index (χ3v) is 5.65. The van der Waals surface area contributed by atoms with Gasteiger partial charge < -0.3 is 10.3 Å². The van der Waals surface area contributed by atoms with E-state index in [0.29, 0.717) is 10.8 Å². The predicted octanol–water partition coefficient (Wildman–Crippen LogP) is 4.02. The Morgan fingerprint density at radius 1 is 1.07 bits per heavy atom. The minimum Gasteiger partial charge on any atom is -0.375 e. The van der Waals surface area contributed by atoms with Crippen LogP contribution in [0.4, 0.5) is 5.13 Å². The number of nitrogens with two attached hydrogens (primary N) is 1. The highest BCUT2D eigenvalue weighted by Crippen LogP contribution is 2.31. The van der Waals surface area contributed by atoms with E-state index in [9.17, 15) is 4.79 Å². The fourth-order valence-corrected chi connectivity index (χ4v) is 4.15. The summed E-state index contributed by atoms with van der Waals surface area (Å²) in [5.74, 6) is 0. The molecule has 0 aliphatic heterocycles. The van der Waals surface area contributed by atoms with Crippen LogP contribution < -0.4 is 11.3 Å². The number of aromatic nitrogens is 4. The van der Waals surface area contributed by atoms with Crippen LogP contribution in [0.1, 0.15) is 17.1 Å². The van der Waals surface area contributed by atoms with Crippen LogP contribution in [0.3, 0.4) is 0 Å². The fraction of sp³-hybridized carbons (Fsp3) is 0.200. The Labute approximate surface area is 173 Å². The molecule has 2 N–H and O–H groups in total. The number of nitrogens with zero attached hydrogens (tertiary/aromatic N) is 4. The van der Waals surface area contributed by atoms with Crippen LogP contribution in [0, 0.1) is 20.8 Å². The maximum atomic E-state index is 13.4. The Hall–Kier alpha value is -2.77. The molecule has 3 aromatic heterocycles. The number of hydrogen-bond acceptors (Lipinski definition) is 4. The maximum absolute atomic E-state index is 13.4. The minimum absolute atomic E-state index is 0. The van der Waals surface area contributed by atoms with Crippen molar-refractivity contribution in [1.82, 2.24) is 18.9 Å². The number of anilines is 1. The number of halogens is 1. The number of para-hydroxylation sites is 1. The molecule has 0 aliphatic carbocycles. The molecule has 0 atom stereocenters. The molecule has 28 heavy (non-hydrogen) atoms. The second-order valence-corrected chi connectivity index (χ2v) is 7.49. The van der Waals surface area contributed by atoms with Crippen molar-refractivity contribution in [2.24, 2.45) is 7.05 Å². The predicted molar refractivity (Wildman–Crippen MR) is 117 cm³/mol. The largest absolute Gasteiger partial charge is 0.375 e. The zero-order valence-electron chi connectivity index (χ0n) is 16.1. The van der Waals surface area contributed by atoms with Crippen molar-refractivity contribution in [2.45, 2.75) is 20.8 Å². The van der Waals surface area contributed by atoms with Gasteiger partial charge in [-0.05, 0) is 39.0 Å². The first kappa shape index (κ1) is 20.0. The van der Waals surface area contributed by atoms with Gasteiger partial charge in [-0.2, -0.15) is 0 Å². The van der Waals surface area contributed by atoms with Crippen LogP contribution >= 0.6 is 23.7 Å². The van der Waals surface area contributed by atoms with Crippen molar-refractivity contribution in [3.8, 4) is 22.6 Å². The molecule has 8 heteroatoms. The summed E-state index contributed by atoms with van der Waals surface area (Å²) in [7, 11) is 1.91. The van der Waals surface area contributed by atoms with Crippen LogP contribution in [-0.2, 0) is 7.05 Å². The molecule has 0 spiro atoms. The van der Waals surface area contributed by atoms with Crippen LogP contribution in [-0.4, -0.2) is 18.9 Å². The van der Waals surface area contributed by atoms with Gasteiger partial charge in [-0.3, -0.25) is 9.48 Å². The first-order valence-corrected chi connectivity index (χ1v) is 9.53. The average Bonchev–Trinajstić information content (AvgIpc) is 3.26. The highest BCUT2D eigenvalue weighted by atomic mass is 35.5. The van der Waals surface area contributed by atoms with Crippen LogP contribution in [0.15, 0.2) is 46.6 Å². The van der Waals surface area contributed by atoms with Gasteiger partial charge in [-0.1, -0.05) is 18.2 Å². The van der Waals surface area contributed by atoms with E-state index in [1.807, 2.05) is 72.8 Å². The van der Waals surface area contributed by atoms with Gasteiger partial charge in [-0.15, -0.1) is 23.7 Å². The van der Waals surface area contributed by atoms with Gasteiger partial charge in [0.05, 0.1) is 17.1 Å². The second-order valence-electron chi connectivity index (χ2n) is 6.60. The molecule has 4 aromatic rings. The van der Waals surface area contributed by atoms with Gasteiger partial charge in [0.2, 0.25) is 0 Å². The van der Waals surface area contributed by atoms with Crippen molar-refractivity contribution in [3.05, 3.63) is 69.2 Å². The third-order valence-electron chi connectivity index (χ3n) is 4.98. The molecule has 6 nitrogen and oxygen atoms in total. The molecule has 146 valence electrons. The molecular formula is C20H22ClN5OS. The molecule has 0 radical (unpaired) electrons. The Balaban J connectivity index is 0.00000225. The normalized spacial score (nSPS) is 10.9. The van der Waals surface area contributed by atoms with Crippen LogP contribution in [0.2, 0.25) is 0 Å². The summed E-state index contributed by atoms with van der Waals surface area (Å²) in [6.07, 6.45) is 0. The van der Waals surface area contributed by atoms with Gasteiger partial charge in [0.25, 0.3) is 5.56 Å². The summed E-state index contributed by atoms with van der Waals surface area (Å²) in [6, 6.07) is 11.7. The van der Waals surface area contributed by atoms with Gasteiger partial charge in [0, 0.05) is 29.4 Å². The molecular weight excluding hydrogens is 394 g/mol. The first-order valence-electron chi connectivity index (χ1n) is 8.65. The smallest absolute Gasteiger partial charge is 0.295 e. The summed E-state index contributed by atoms with van der Waals surface area (Å²) in [5, 5.41) is 2.48. The Bertz CT molecular complexity index is 1200. The van der Waals surface area contributed by atoms with E-state index in [2.05, 4.69) is 11.1 Å². The second kappa shape index (κ2) is 7.33. The van der Waals surface area contributed by atoms with Gasteiger partial charge in [-0.25, -0.2) is 9.67 Å². The summed E-state index contributed by atoms with van der Waals surface area (Å²) in [6.45, 7) is 5.98. The molecule has 0 aliphatic rings. The lowest BCUT2D eigenvalue weighted by Crippen LogP contribution is -2.21. The average molecular weight is 416 g/mol. The molecule has 4 rings (SSSR count). The highest BCUT2D eigenvalue weighted by molar-refractivity contribution is 7.13. The molecule has 0 fully saturated rings. The first-order chi connectivity index (χ1) is 12.9. The van der Waals surface area contributed by atoms with Gasteiger partial charge in [0.15, 0.2) is 5.13 Å². The van der Waals surface area contributed by atoms with Crippen LogP contribution in [0.25, 0.3) is 22.6 Å². The molecule has 0 bridgehead atoms. The summed E-state index contributed by atoms with van der Waals surface area (Å²) in [4.78, 5) is 17.8. The van der Waals surface area contributed by atoms with Gasteiger partial charge in [0.1, 0.15) is 5.69 Å². The van der Waals surface area contributed by atoms with Crippen molar-refractivity contribution in [1.29, 1.82) is 0 Å². The number of aryl methyl sites for hydroxylation is 1. The van der Waals surface area contributed by atoms with E-state index in [0.717, 1.165) is 34.0 Å². The Morgan fingerprint density at radius 3 is 2.36 bits per heavy atom. The zero-order chi connectivity index (χ0) is 19.3. The molecule has 0 amide bonds. The highest BCUT2D eigenvalue weighted by Gasteiger charge is 2.22. The van der Waals surface area contributed by atoms with E-state index in [1.165, 1.54) is 11.3 Å². The third kappa shape index (κ3) is 2.96. The van der Waals surface area contributed by atoms with E-state index in [4.69, 9.17) is 5.73 Å². The van der Waals surface area contributed by atoms with Crippen molar-refractivity contribution in [2.75, 3.05) is 5.73 Å². The number of rotatable bonds is 3. The molecule has 3 heterocycles. The van der Waals surface area contributed by atoms with E-state index in [-0.39, 0.29) is 18.0 Å². The molecule has 1 aromatic carbocycles. The van der Waals surface area contributed by atoms with Gasteiger partial charge >= 0.3 is 0 Å². The Kier molecular flexibility index (Phi) is 5.23. The zero-order valence-corrected chi connectivity index (χ0v) is 17.8. The van der Waals surface area contributed by atoms with E-state index in [1.54, 1.807) is 4.68 Å². The van der Waals surface area contributed by atoms with E-state index >= 15 is 0 Å². The lowest BCUT2D eigenvalue weighted by molar-refractivity contribution is 0.630. The SMILES string of the molecule is Cc1cc(-c2csc(N)n2)c(C)n1-c1c(C)n(C)n(-c2ccccc2)c1=O.Cl. The van der Waals surface area contributed by atoms with E-state index < -0.39 is 0 Å². The van der Waals surface area contributed by atoms with Crippen molar-refractivity contribution >= 4 is 28.9 Å². The summed E-state index contributed by atoms with van der Waals surface area (Å²) in [5.41, 5.74) is 11.9. The standard InChI is InChI=1S/C20H21N5OS.ClH/c1-12-10-16(17-11-27-20(21)22-17)13(2)24(12)18-14(3)23(4)25(19(18)26)15-8-6-5-7-9-15;/h5-11H,1-4H3,(H2,21,22);1H. The number of hydrogen-bond donors (Lipinski definition) is 1. The number of thiazole rings is 1. The summed E-state index contributed by atoms with van der Waals surface area (Å²) >= 11 is 1.42. The quantitative estimate of drug-likeness (QED) is 0.549. The molecule has 0 unspecified atom stereocenters.